The molecule has 3 rings (SSSR count). The summed E-state index contributed by atoms with van der Waals surface area (Å²) in [5.74, 6) is 6.29. The number of carbonyl (C=O) groups excluding carboxylic acids is 1. The number of aryl methyl sites for hydroxylation is 1. The molecule has 1 aliphatic heterocycles. The van der Waals surface area contributed by atoms with Crippen molar-refractivity contribution in [2.24, 2.45) is 0 Å². The van der Waals surface area contributed by atoms with E-state index in [4.69, 9.17) is 4.74 Å². The summed E-state index contributed by atoms with van der Waals surface area (Å²) >= 11 is 0. The Kier molecular flexibility index (Phi) is 6.04. The van der Waals surface area contributed by atoms with Gasteiger partial charge in [-0.25, -0.2) is 4.98 Å². The zero-order valence-electron chi connectivity index (χ0n) is 16.8. The molecule has 0 spiro atoms. The summed E-state index contributed by atoms with van der Waals surface area (Å²) in [6.45, 7) is 7.38. The average Bonchev–Trinajstić information content (AvgIpc) is 2.71. The summed E-state index contributed by atoms with van der Waals surface area (Å²) in [5, 5.41) is 10.7. The van der Waals surface area contributed by atoms with E-state index in [1.807, 2.05) is 0 Å². The van der Waals surface area contributed by atoms with Gasteiger partial charge in [-0.15, -0.1) is 0 Å². The maximum absolute atomic E-state index is 10.7. The van der Waals surface area contributed by atoms with E-state index < -0.39 is 5.97 Å². The van der Waals surface area contributed by atoms with E-state index in [2.05, 4.69) is 49.7 Å². The van der Waals surface area contributed by atoms with Crippen LogP contribution in [0.25, 0.3) is 0 Å². The van der Waals surface area contributed by atoms with Gasteiger partial charge in [0.15, 0.2) is 0 Å². The molecule has 0 radical (unpaired) electrons. The van der Waals surface area contributed by atoms with Crippen LogP contribution in [0, 0.1) is 11.8 Å². The number of aromatic nitrogens is 1. The molecule has 0 saturated heterocycles. The molecule has 4 nitrogen and oxygen atoms in total. The summed E-state index contributed by atoms with van der Waals surface area (Å²) in [5.41, 5.74) is 4.84. The third-order valence-corrected chi connectivity index (χ3v) is 5.85. The number of aliphatic carboxylic acids is 1. The molecule has 0 fully saturated rings. The average molecular weight is 376 g/mol. The van der Waals surface area contributed by atoms with Gasteiger partial charge in [0.1, 0.15) is 11.4 Å². The van der Waals surface area contributed by atoms with Gasteiger partial charge in [-0.3, -0.25) is 0 Å². The highest BCUT2D eigenvalue weighted by Crippen LogP contribution is 2.44. The molecule has 2 aromatic rings. The van der Waals surface area contributed by atoms with Gasteiger partial charge in [-0.1, -0.05) is 32.8 Å². The topological polar surface area (TPSA) is 62.2 Å². The summed E-state index contributed by atoms with van der Waals surface area (Å²) in [6, 6.07) is 7.83. The Morgan fingerprint density at radius 3 is 2.61 bits per heavy atom. The number of pyridine rings is 1. The monoisotopic (exact) mass is 376 g/mol. The molecular formula is C24H26NO3-. The molecule has 1 aromatic carbocycles. The normalized spacial score (nSPS) is 14.4. The van der Waals surface area contributed by atoms with Gasteiger partial charge in [-0.05, 0) is 60.9 Å². The van der Waals surface area contributed by atoms with Crippen molar-refractivity contribution in [3.8, 4) is 17.6 Å². The van der Waals surface area contributed by atoms with Crippen molar-refractivity contribution < 1.29 is 14.6 Å². The second-order valence-corrected chi connectivity index (χ2v) is 7.30. The minimum Gasteiger partial charge on any atom is -0.550 e. The molecule has 28 heavy (non-hydrogen) atoms. The van der Waals surface area contributed by atoms with Crippen molar-refractivity contribution in [3.05, 3.63) is 58.4 Å². The fourth-order valence-electron chi connectivity index (χ4n) is 3.94. The number of ether oxygens (including phenoxy) is 1. The van der Waals surface area contributed by atoms with Crippen LogP contribution in [0.4, 0.5) is 0 Å². The van der Waals surface area contributed by atoms with Crippen molar-refractivity contribution >= 4 is 5.97 Å². The maximum atomic E-state index is 10.7. The molecule has 0 amide bonds. The van der Waals surface area contributed by atoms with Crippen LogP contribution in [0.1, 0.15) is 68.0 Å². The summed E-state index contributed by atoms with van der Waals surface area (Å²) in [7, 11) is 0. The maximum Gasteiger partial charge on any atom is 0.123 e. The van der Waals surface area contributed by atoms with Crippen LogP contribution in [-0.4, -0.2) is 17.6 Å². The third-order valence-electron chi connectivity index (χ3n) is 5.85. The number of hydrogen-bond acceptors (Lipinski definition) is 4. The van der Waals surface area contributed by atoms with Gasteiger partial charge < -0.3 is 14.6 Å². The molecule has 2 heterocycles. The zero-order chi connectivity index (χ0) is 20.1. The van der Waals surface area contributed by atoms with Gasteiger partial charge in [-0.2, -0.15) is 0 Å². The molecule has 1 aromatic heterocycles. The van der Waals surface area contributed by atoms with Crippen LogP contribution < -0.4 is 9.84 Å². The van der Waals surface area contributed by atoms with Gasteiger partial charge in [0.2, 0.25) is 0 Å². The number of nitrogens with zero attached hydrogens (tertiary/aromatic N) is 1. The lowest BCUT2D eigenvalue weighted by Gasteiger charge is -2.38. The molecule has 0 atom stereocenters. The number of benzene rings is 1. The lowest BCUT2D eigenvalue weighted by atomic mass is 9.71. The Morgan fingerprint density at radius 2 is 2.00 bits per heavy atom. The highest BCUT2D eigenvalue weighted by Gasteiger charge is 2.35. The second-order valence-electron chi connectivity index (χ2n) is 7.30. The third kappa shape index (κ3) is 4.04. The van der Waals surface area contributed by atoms with Crippen LogP contribution in [-0.2, 0) is 23.1 Å². The van der Waals surface area contributed by atoms with E-state index >= 15 is 0 Å². The standard InChI is InChI=1S/C24H27NO3/c1-4-18-15-22-21(24(5-2,6-3)11-12-28-22)14-19(18)8-10-20-9-7-17(16-25-20)13-23(26)27/h7,9,14-16H,4-6,11-13H2,1-3H3,(H,26,27)/p-1. The van der Waals surface area contributed by atoms with E-state index in [0.29, 0.717) is 11.3 Å². The van der Waals surface area contributed by atoms with Crippen molar-refractivity contribution in [2.45, 2.75) is 58.3 Å². The molecule has 0 bridgehead atoms. The predicted octanol–water partition coefficient (Wildman–Crippen LogP) is 3.18. The quantitative estimate of drug-likeness (QED) is 0.752. The van der Waals surface area contributed by atoms with E-state index in [1.54, 1.807) is 18.3 Å². The molecule has 0 unspecified atom stereocenters. The number of hydrogen-bond donors (Lipinski definition) is 0. The smallest absolute Gasteiger partial charge is 0.123 e. The van der Waals surface area contributed by atoms with E-state index in [9.17, 15) is 9.90 Å². The Morgan fingerprint density at radius 1 is 1.21 bits per heavy atom. The van der Waals surface area contributed by atoms with Crippen molar-refractivity contribution in [3.63, 3.8) is 0 Å². The van der Waals surface area contributed by atoms with Gasteiger partial charge >= 0.3 is 0 Å². The van der Waals surface area contributed by atoms with E-state index in [1.165, 1.54) is 11.1 Å². The van der Waals surface area contributed by atoms with Crippen LogP contribution in [0.5, 0.6) is 5.75 Å². The highest BCUT2D eigenvalue weighted by molar-refractivity contribution is 5.67. The fraction of sp³-hybridized carbons (Fsp3) is 0.417. The first kappa shape index (κ1) is 19.9. The number of rotatable bonds is 5. The lowest BCUT2D eigenvalue weighted by molar-refractivity contribution is -0.304. The van der Waals surface area contributed by atoms with Crippen LogP contribution in [0.3, 0.4) is 0 Å². The molecule has 0 N–H and O–H groups in total. The summed E-state index contributed by atoms with van der Waals surface area (Å²) in [6.07, 6.45) is 5.48. The minimum atomic E-state index is -1.11. The van der Waals surface area contributed by atoms with Crippen LogP contribution in [0.15, 0.2) is 30.5 Å². The number of carbonyl (C=O) groups is 1. The second kappa shape index (κ2) is 8.48. The van der Waals surface area contributed by atoms with Crippen molar-refractivity contribution in [1.82, 2.24) is 4.98 Å². The zero-order valence-corrected chi connectivity index (χ0v) is 16.8. The minimum absolute atomic E-state index is 0.137. The summed E-state index contributed by atoms with van der Waals surface area (Å²) in [4.78, 5) is 14.9. The Labute approximate surface area is 167 Å². The Balaban J connectivity index is 1.97. The molecule has 146 valence electrons. The number of fused-ring (bicyclic) bond motifs is 1. The largest absolute Gasteiger partial charge is 0.550 e. The number of carboxylic acids is 1. The molecule has 0 aliphatic carbocycles. The molecule has 1 aliphatic rings. The van der Waals surface area contributed by atoms with Crippen molar-refractivity contribution in [2.75, 3.05) is 6.61 Å². The van der Waals surface area contributed by atoms with E-state index in [-0.39, 0.29) is 11.8 Å². The van der Waals surface area contributed by atoms with Gasteiger partial charge in [0.05, 0.1) is 6.61 Å². The lowest BCUT2D eigenvalue weighted by Crippen LogP contribution is -2.32. The van der Waals surface area contributed by atoms with Crippen LogP contribution >= 0.6 is 0 Å². The van der Waals surface area contributed by atoms with E-state index in [0.717, 1.165) is 43.6 Å². The van der Waals surface area contributed by atoms with Crippen LogP contribution in [0.2, 0.25) is 0 Å². The summed E-state index contributed by atoms with van der Waals surface area (Å²) < 4.78 is 5.97. The Bertz CT molecular complexity index is 915. The SMILES string of the molecule is CCc1cc2c(cc1C#Cc1ccc(CC(=O)[O-])cn1)C(CC)(CC)CCO2. The first-order valence-electron chi connectivity index (χ1n) is 9.98. The molecular weight excluding hydrogens is 350 g/mol. The Hall–Kier alpha value is -2.80. The van der Waals surface area contributed by atoms with Gasteiger partial charge in [0.25, 0.3) is 0 Å². The fourth-order valence-corrected chi connectivity index (χ4v) is 3.94. The molecule has 4 heteroatoms. The van der Waals surface area contributed by atoms with Crippen molar-refractivity contribution in [1.29, 1.82) is 0 Å². The number of carboxylic acid groups (broad SMARTS) is 1. The van der Waals surface area contributed by atoms with Gasteiger partial charge in [0, 0.05) is 35.1 Å². The highest BCUT2D eigenvalue weighted by atomic mass is 16.5. The molecule has 0 saturated carbocycles. The first-order valence-corrected chi connectivity index (χ1v) is 9.98. The first-order chi connectivity index (χ1) is 13.5. The predicted molar refractivity (Wildman–Crippen MR) is 107 cm³/mol.